The minimum Gasteiger partial charge on any atom is -0.354 e. The number of halogens is 3. The van der Waals surface area contributed by atoms with E-state index in [-0.39, 0.29) is 0 Å². The van der Waals surface area contributed by atoms with Crippen LogP contribution in [0.1, 0.15) is 23.9 Å². The van der Waals surface area contributed by atoms with Crippen molar-refractivity contribution in [3.8, 4) is 10.6 Å². The molecule has 2 aromatic rings. The maximum absolute atomic E-state index is 12.6. The molecule has 0 amide bonds. The van der Waals surface area contributed by atoms with Crippen molar-refractivity contribution >= 4 is 17.3 Å². The van der Waals surface area contributed by atoms with E-state index in [1.165, 1.54) is 6.20 Å². The molecule has 0 unspecified atom stereocenters. The van der Waals surface area contributed by atoms with E-state index in [4.69, 9.17) is 0 Å². The van der Waals surface area contributed by atoms with Crippen molar-refractivity contribution in [2.75, 3.05) is 11.9 Å². The summed E-state index contributed by atoms with van der Waals surface area (Å²) in [5.41, 5.74) is 1.19. The third-order valence-corrected chi connectivity index (χ3v) is 3.54. The SMILES string of the molecule is CCCNc1ncc(C)c(-c2cnc(C(F)(F)F)s2)n1. The zero-order valence-electron chi connectivity index (χ0n) is 11.0. The summed E-state index contributed by atoms with van der Waals surface area (Å²) in [5, 5.41) is 2.14. The van der Waals surface area contributed by atoms with Crippen LogP contribution >= 0.6 is 11.3 Å². The number of alkyl halides is 3. The zero-order valence-corrected chi connectivity index (χ0v) is 11.8. The van der Waals surface area contributed by atoms with Gasteiger partial charge in [-0.25, -0.2) is 15.0 Å². The van der Waals surface area contributed by atoms with Crippen LogP contribution in [0.25, 0.3) is 10.6 Å². The Kier molecular flexibility index (Phi) is 4.22. The van der Waals surface area contributed by atoms with Crippen LogP contribution in [0.4, 0.5) is 19.1 Å². The average molecular weight is 302 g/mol. The molecule has 0 aromatic carbocycles. The Bertz CT molecular complexity index is 595. The number of nitrogens with one attached hydrogen (secondary N) is 1. The average Bonchev–Trinajstić information content (AvgIpc) is 2.87. The summed E-state index contributed by atoms with van der Waals surface area (Å²) in [6.45, 7) is 4.46. The number of nitrogens with zero attached hydrogens (tertiary/aromatic N) is 3. The summed E-state index contributed by atoms with van der Waals surface area (Å²) in [7, 11) is 0. The third kappa shape index (κ3) is 3.24. The van der Waals surface area contributed by atoms with E-state index in [0.717, 1.165) is 6.42 Å². The molecule has 8 heteroatoms. The lowest BCUT2D eigenvalue weighted by Gasteiger charge is -2.06. The second-order valence-corrected chi connectivity index (χ2v) is 5.21. The van der Waals surface area contributed by atoms with Gasteiger partial charge in [-0.1, -0.05) is 6.92 Å². The van der Waals surface area contributed by atoms with Crippen molar-refractivity contribution in [3.63, 3.8) is 0 Å². The first kappa shape index (κ1) is 14.7. The lowest BCUT2D eigenvalue weighted by molar-refractivity contribution is -0.137. The van der Waals surface area contributed by atoms with Gasteiger partial charge >= 0.3 is 6.18 Å². The predicted molar refractivity (Wildman–Crippen MR) is 71.7 cm³/mol. The van der Waals surface area contributed by atoms with E-state index < -0.39 is 11.2 Å². The number of hydrogen-bond donors (Lipinski definition) is 1. The van der Waals surface area contributed by atoms with Crippen molar-refractivity contribution in [1.29, 1.82) is 0 Å². The smallest absolute Gasteiger partial charge is 0.354 e. The molecule has 0 saturated carbocycles. The van der Waals surface area contributed by atoms with Crippen molar-refractivity contribution < 1.29 is 13.2 Å². The lowest BCUT2D eigenvalue weighted by atomic mass is 10.2. The molecule has 0 radical (unpaired) electrons. The maximum atomic E-state index is 12.6. The van der Waals surface area contributed by atoms with E-state index >= 15 is 0 Å². The van der Waals surface area contributed by atoms with Crippen LogP contribution in [-0.2, 0) is 6.18 Å². The van der Waals surface area contributed by atoms with Gasteiger partial charge in [-0.2, -0.15) is 13.2 Å². The fourth-order valence-corrected chi connectivity index (χ4v) is 2.37. The minimum absolute atomic E-state index is 0.386. The lowest BCUT2D eigenvalue weighted by Crippen LogP contribution is -2.05. The molecule has 0 atom stereocenters. The normalized spacial score (nSPS) is 11.7. The van der Waals surface area contributed by atoms with Gasteiger partial charge in [0.05, 0.1) is 10.6 Å². The van der Waals surface area contributed by atoms with E-state index in [2.05, 4.69) is 20.3 Å². The standard InChI is InChI=1S/C12H13F3N4S/c1-3-4-16-11-18-5-7(2)9(19-11)8-6-17-10(20-8)12(13,14)15/h5-6H,3-4H2,1-2H3,(H,16,18,19). The molecule has 0 bridgehead atoms. The highest BCUT2D eigenvalue weighted by molar-refractivity contribution is 7.15. The molecule has 0 aliphatic heterocycles. The Labute approximate surface area is 118 Å². The van der Waals surface area contributed by atoms with Crippen LogP contribution in [-0.4, -0.2) is 21.5 Å². The largest absolute Gasteiger partial charge is 0.443 e. The predicted octanol–water partition coefficient (Wildman–Crippen LogP) is 3.75. The molecule has 4 nitrogen and oxygen atoms in total. The molecule has 0 aliphatic carbocycles. The fourth-order valence-electron chi connectivity index (χ4n) is 1.53. The third-order valence-electron chi connectivity index (χ3n) is 2.49. The zero-order chi connectivity index (χ0) is 14.8. The van der Waals surface area contributed by atoms with E-state index in [1.807, 2.05) is 6.92 Å². The number of hydrogen-bond acceptors (Lipinski definition) is 5. The molecule has 2 aromatic heterocycles. The topological polar surface area (TPSA) is 50.7 Å². The van der Waals surface area contributed by atoms with Crippen LogP contribution in [0.2, 0.25) is 0 Å². The first-order valence-corrected chi connectivity index (χ1v) is 6.84. The van der Waals surface area contributed by atoms with Crippen LogP contribution in [0.3, 0.4) is 0 Å². The first-order valence-electron chi connectivity index (χ1n) is 6.02. The second kappa shape index (κ2) is 5.74. The van der Waals surface area contributed by atoms with Gasteiger partial charge in [0.25, 0.3) is 0 Å². The molecule has 2 rings (SSSR count). The first-order chi connectivity index (χ1) is 9.41. The summed E-state index contributed by atoms with van der Waals surface area (Å²) >= 11 is 0.585. The molecule has 20 heavy (non-hydrogen) atoms. The van der Waals surface area contributed by atoms with Gasteiger partial charge in [-0.05, 0) is 18.9 Å². The van der Waals surface area contributed by atoms with Gasteiger partial charge in [-0.3, -0.25) is 0 Å². The Morgan fingerprint density at radius 3 is 2.60 bits per heavy atom. The summed E-state index contributed by atoms with van der Waals surface area (Å²) in [5.74, 6) is 0.411. The number of rotatable bonds is 4. The van der Waals surface area contributed by atoms with Gasteiger partial charge in [0.15, 0.2) is 5.01 Å². The summed E-state index contributed by atoms with van der Waals surface area (Å²) in [6, 6.07) is 0. The molecule has 0 fully saturated rings. The quantitative estimate of drug-likeness (QED) is 0.934. The van der Waals surface area contributed by atoms with Crippen LogP contribution in [0.15, 0.2) is 12.4 Å². The molecule has 1 N–H and O–H groups in total. The number of thiazole rings is 1. The summed E-state index contributed by atoms with van der Waals surface area (Å²) < 4.78 is 37.7. The highest BCUT2D eigenvalue weighted by Gasteiger charge is 2.34. The fraction of sp³-hybridized carbons (Fsp3) is 0.417. The van der Waals surface area contributed by atoms with Gasteiger partial charge in [0, 0.05) is 18.9 Å². The highest BCUT2D eigenvalue weighted by atomic mass is 32.1. The monoisotopic (exact) mass is 302 g/mol. The Morgan fingerprint density at radius 2 is 2.00 bits per heavy atom. The summed E-state index contributed by atoms with van der Waals surface area (Å²) in [6.07, 6.45) is -0.724. The van der Waals surface area contributed by atoms with Crippen molar-refractivity contribution in [2.45, 2.75) is 26.4 Å². The van der Waals surface area contributed by atoms with Crippen LogP contribution < -0.4 is 5.32 Å². The second-order valence-electron chi connectivity index (χ2n) is 4.18. The van der Waals surface area contributed by atoms with Crippen LogP contribution in [0.5, 0.6) is 0 Å². The molecule has 108 valence electrons. The van der Waals surface area contributed by atoms with E-state index in [9.17, 15) is 13.2 Å². The van der Waals surface area contributed by atoms with Crippen molar-refractivity contribution in [1.82, 2.24) is 15.0 Å². The Hall–Kier alpha value is -1.70. The minimum atomic E-state index is -4.42. The van der Waals surface area contributed by atoms with Crippen LogP contribution in [0, 0.1) is 6.92 Å². The van der Waals surface area contributed by atoms with Gasteiger partial charge < -0.3 is 5.32 Å². The summed E-state index contributed by atoms with van der Waals surface area (Å²) in [4.78, 5) is 12.1. The van der Waals surface area contributed by atoms with Crippen molar-refractivity contribution in [3.05, 3.63) is 23.0 Å². The van der Waals surface area contributed by atoms with Crippen molar-refractivity contribution in [2.24, 2.45) is 0 Å². The van der Waals surface area contributed by atoms with E-state index in [1.54, 1.807) is 13.1 Å². The maximum Gasteiger partial charge on any atom is 0.443 e. The van der Waals surface area contributed by atoms with Gasteiger partial charge in [0.1, 0.15) is 0 Å². The van der Waals surface area contributed by atoms with Gasteiger partial charge in [-0.15, -0.1) is 11.3 Å². The number of anilines is 1. The molecule has 2 heterocycles. The Balaban J connectivity index is 2.34. The molecule has 0 aliphatic rings. The number of aryl methyl sites for hydroxylation is 1. The molecular weight excluding hydrogens is 289 g/mol. The van der Waals surface area contributed by atoms with Gasteiger partial charge in [0.2, 0.25) is 5.95 Å². The van der Waals surface area contributed by atoms with E-state index in [0.29, 0.717) is 40.0 Å². The molecular formula is C12H13F3N4S. The number of aromatic nitrogens is 3. The Morgan fingerprint density at radius 1 is 1.25 bits per heavy atom. The molecule has 0 spiro atoms. The highest BCUT2D eigenvalue weighted by Crippen LogP contribution is 2.36. The molecule has 0 saturated heterocycles.